The number of carbonyl (C=O) groups is 1. The number of hydrogen-bond donors (Lipinski definition) is 0. The number of fused-ring (bicyclic) bond motifs is 3. The van der Waals surface area contributed by atoms with Gasteiger partial charge in [0.2, 0.25) is 0 Å². The van der Waals surface area contributed by atoms with Crippen LogP contribution in [0.1, 0.15) is 76.0 Å². The van der Waals surface area contributed by atoms with Crippen molar-refractivity contribution in [1.29, 1.82) is 0 Å². The van der Waals surface area contributed by atoms with Crippen LogP contribution in [0.3, 0.4) is 0 Å². The maximum Gasteiger partial charge on any atom is 0.126 e. The maximum absolute atomic E-state index is 11.7. The summed E-state index contributed by atoms with van der Waals surface area (Å²) in [4.78, 5) is 11.7. The largest absolute Gasteiger partial charge is 0.303 e. The van der Waals surface area contributed by atoms with Gasteiger partial charge >= 0.3 is 0 Å². The highest BCUT2D eigenvalue weighted by molar-refractivity contribution is 5.61. The lowest BCUT2D eigenvalue weighted by atomic mass is 9.50. The Bertz CT molecular complexity index is 559. The minimum absolute atomic E-state index is 0.124. The van der Waals surface area contributed by atoms with Crippen molar-refractivity contribution in [3.05, 3.63) is 34.9 Å². The van der Waals surface area contributed by atoms with Gasteiger partial charge in [-0.1, -0.05) is 52.3 Å². The van der Waals surface area contributed by atoms with Gasteiger partial charge in [0.1, 0.15) is 6.29 Å². The first-order chi connectivity index (χ1) is 9.90. The van der Waals surface area contributed by atoms with E-state index < -0.39 is 0 Å². The van der Waals surface area contributed by atoms with Crippen LogP contribution in [0, 0.1) is 11.3 Å². The Morgan fingerprint density at radius 3 is 2.67 bits per heavy atom. The lowest BCUT2D eigenvalue weighted by Gasteiger charge is -2.53. The van der Waals surface area contributed by atoms with E-state index in [1.54, 1.807) is 0 Å². The van der Waals surface area contributed by atoms with Gasteiger partial charge in [-0.2, -0.15) is 0 Å². The van der Waals surface area contributed by atoms with Crippen LogP contribution in [-0.4, -0.2) is 6.29 Å². The van der Waals surface area contributed by atoms with Crippen LogP contribution in [0.15, 0.2) is 18.2 Å². The van der Waals surface area contributed by atoms with Crippen LogP contribution in [0.4, 0.5) is 0 Å². The van der Waals surface area contributed by atoms with Gasteiger partial charge in [-0.25, -0.2) is 0 Å². The fraction of sp³-hybridized carbons (Fsp3) is 0.650. The molecule has 1 aromatic carbocycles. The molecule has 0 saturated heterocycles. The summed E-state index contributed by atoms with van der Waals surface area (Å²) in [7, 11) is 0. The summed E-state index contributed by atoms with van der Waals surface area (Å²) in [5.74, 6) is 1.10. The van der Waals surface area contributed by atoms with Gasteiger partial charge in [0.15, 0.2) is 0 Å². The average molecular weight is 284 g/mol. The third-order valence-corrected chi connectivity index (χ3v) is 6.36. The first-order valence-electron chi connectivity index (χ1n) is 8.50. The molecular formula is C20H28O. The standard InChI is InChI=1S/C20H28O/c1-14(2)15-6-8-17-16(12-15)7-9-18-19(3,13-21)10-5-11-20(17,18)4/h6,8,12-14,18H,5,7,9-11H2,1-4H3/t18-,19-,20+/m0/s1. The zero-order valence-electron chi connectivity index (χ0n) is 13.9. The Morgan fingerprint density at radius 1 is 1.24 bits per heavy atom. The van der Waals surface area contributed by atoms with Crippen LogP contribution in [0.25, 0.3) is 0 Å². The molecule has 1 saturated carbocycles. The van der Waals surface area contributed by atoms with Gasteiger partial charge in [-0.15, -0.1) is 0 Å². The molecule has 0 aliphatic heterocycles. The average Bonchev–Trinajstić information content (AvgIpc) is 2.46. The number of aldehydes is 1. The van der Waals surface area contributed by atoms with Gasteiger partial charge in [0, 0.05) is 5.41 Å². The summed E-state index contributed by atoms with van der Waals surface area (Å²) < 4.78 is 0. The van der Waals surface area contributed by atoms with Gasteiger partial charge in [-0.3, -0.25) is 0 Å². The van der Waals surface area contributed by atoms with E-state index in [0.29, 0.717) is 11.8 Å². The van der Waals surface area contributed by atoms with Gasteiger partial charge < -0.3 is 4.79 Å². The van der Waals surface area contributed by atoms with E-state index in [1.165, 1.54) is 42.2 Å². The van der Waals surface area contributed by atoms with Crippen molar-refractivity contribution in [2.24, 2.45) is 11.3 Å². The van der Waals surface area contributed by atoms with E-state index in [0.717, 1.165) is 12.8 Å². The van der Waals surface area contributed by atoms with E-state index in [4.69, 9.17) is 0 Å². The Labute approximate surface area is 129 Å². The first-order valence-corrected chi connectivity index (χ1v) is 8.50. The molecule has 0 radical (unpaired) electrons. The molecule has 1 nitrogen and oxygen atoms in total. The summed E-state index contributed by atoms with van der Waals surface area (Å²) in [6.45, 7) is 9.12. The predicted molar refractivity (Wildman–Crippen MR) is 87.7 cm³/mol. The van der Waals surface area contributed by atoms with E-state index in [-0.39, 0.29) is 10.8 Å². The second kappa shape index (κ2) is 4.97. The summed E-state index contributed by atoms with van der Waals surface area (Å²) >= 11 is 0. The molecule has 1 fully saturated rings. The van der Waals surface area contributed by atoms with Gasteiger partial charge in [0.25, 0.3) is 0 Å². The fourth-order valence-corrected chi connectivity index (χ4v) is 5.06. The van der Waals surface area contributed by atoms with Crippen LogP contribution >= 0.6 is 0 Å². The zero-order valence-corrected chi connectivity index (χ0v) is 13.9. The molecule has 3 atom stereocenters. The molecule has 114 valence electrons. The normalized spacial score (nSPS) is 35.2. The Balaban J connectivity index is 2.07. The lowest BCUT2D eigenvalue weighted by Crippen LogP contribution is -2.49. The summed E-state index contributed by atoms with van der Waals surface area (Å²) in [6, 6.07) is 7.10. The van der Waals surface area contributed by atoms with Crippen molar-refractivity contribution in [2.75, 3.05) is 0 Å². The third kappa shape index (κ3) is 2.17. The number of benzene rings is 1. The molecule has 2 aliphatic carbocycles. The Kier molecular flexibility index (Phi) is 3.50. The molecule has 1 heteroatoms. The topological polar surface area (TPSA) is 17.1 Å². The lowest BCUT2D eigenvalue weighted by molar-refractivity contribution is -0.123. The van der Waals surface area contributed by atoms with Crippen molar-refractivity contribution in [3.8, 4) is 0 Å². The second-order valence-corrected chi connectivity index (χ2v) is 8.06. The maximum atomic E-state index is 11.7. The summed E-state index contributed by atoms with van der Waals surface area (Å²) in [6.07, 6.45) is 7.03. The molecule has 1 aromatic rings. The van der Waals surface area contributed by atoms with E-state index in [2.05, 4.69) is 45.9 Å². The SMILES string of the molecule is CC(C)c1ccc2c(c1)CC[C@H]1[C@](C)(C=O)CCC[C@]21C. The zero-order chi connectivity index (χ0) is 15.3. The quantitative estimate of drug-likeness (QED) is 0.697. The van der Waals surface area contributed by atoms with Crippen molar-refractivity contribution >= 4 is 6.29 Å². The monoisotopic (exact) mass is 284 g/mol. The van der Waals surface area contributed by atoms with E-state index in [9.17, 15) is 4.79 Å². The number of aryl methyl sites for hydroxylation is 1. The molecular weight excluding hydrogens is 256 g/mol. The predicted octanol–water partition coefficient (Wildman–Crippen LogP) is 5.02. The fourth-order valence-electron chi connectivity index (χ4n) is 5.06. The molecule has 0 amide bonds. The van der Waals surface area contributed by atoms with Crippen molar-refractivity contribution < 1.29 is 4.79 Å². The van der Waals surface area contributed by atoms with Crippen molar-refractivity contribution in [1.82, 2.24) is 0 Å². The third-order valence-electron chi connectivity index (χ3n) is 6.36. The molecule has 0 unspecified atom stereocenters. The Hall–Kier alpha value is -1.11. The van der Waals surface area contributed by atoms with E-state index >= 15 is 0 Å². The molecule has 2 aliphatic rings. The molecule has 0 N–H and O–H groups in total. The highest BCUT2D eigenvalue weighted by Crippen LogP contribution is 2.56. The summed E-state index contributed by atoms with van der Waals surface area (Å²) in [5, 5.41) is 0. The van der Waals surface area contributed by atoms with Crippen LogP contribution in [-0.2, 0) is 16.6 Å². The first kappa shape index (κ1) is 14.8. The van der Waals surface area contributed by atoms with Gasteiger partial charge in [-0.05, 0) is 59.6 Å². The van der Waals surface area contributed by atoms with Crippen LogP contribution in [0.5, 0.6) is 0 Å². The molecule has 0 aromatic heterocycles. The highest BCUT2D eigenvalue weighted by atomic mass is 16.1. The van der Waals surface area contributed by atoms with Crippen molar-refractivity contribution in [2.45, 2.75) is 71.1 Å². The van der Waals surface area contributed by atoms with Crippen LogP contribution in [0.2, 0.25) is 0 Å². The summed E-state index contributed by atoms with van der Waals surface area (Å²) in [5.41, 5.74) is 4.58. The molecule has 0 bridgehead atoms. The molecule has 21 heavy (non-hydrogen) atoms. The second-order valence-electron chi connectivity index (χ2n) is 8.06. The van der Waals surface area contributed by atoms with Gasteiger partial charge in [0.05, 0.1) is 0 Å². The van der Waals surface area contributed by atoms with Crippen LogP contribution < -0.4 is 0 Å². The molecule has 3 rings (SSSR count). The molecule has 0 heterocycles. The minimum atomic E-state index is -0.124. The van der Waals surface area contributed by atoms with Crippen molar-refractivity contribution in [3.63, 3.8) is 0 Å². The number of rotatable bonds is 2. The smallest absolute Gasteiger partial charge is 0.126 e. The molecule has 0 spiro atoms. The number of hydrogen-bond acceptors (Lipinski definition) is 1. The Morgan fingerprint density at radius 2 is 2.00 bits per heavy atom. The minimum Gasteiger partial charge on any atom is -0.303 e. The number of carbonyl (C=O) groups excluding carboxylic acids is 1. The highest BCUT2D eigenvalue weighted by Gasteiger charge is 2.51. The van der Waals surface area contributed by atoms with E-state index in [1.807, 2.05) is 0 Å².